The molecule has 208 valence electrons. The Labute approximate surface area is 186 Å². The maximum Gasteiger partial charge on any atom is 0.488 e. The molecule has 1 rings (SSSR count). The molecule has 0 saturated heterocycles. The van der Waals surface area contributed by atoms with Crippen LogP contribution >= 0.6 is 0 Å². The van der Waals surface area contributed by atoms with Crippen molar-refractivity contribution >= 4 is 12.6 Å². The first-order valence-electron chi connectivity index (χ1n) is 8.16. The fourth-order valence-corrected chi connectivity index (χ4v) is 2.21. The molecular weight excluding hydrogens is 566 g/mol. The van der Waals surface area contributed by atoms with Gasteiger partial charge in [-0.25, -0.2) is 0 Å². The maximum absolute atomic E-state index is 14.8. The van der Waals surface area contributed by atoms with E-state index in [0.717, 1.165) is 0 Å². The van der Waals surface area contributed by atoms with Crippen molar-refractivity contribution in [3.05, 3.63) is 29.8 Å². The molecule has 2 unspecified atom stereocenters. The first-order chi connectivity index (χ1) is 15.6. The maximum atomic E-state index is 14.8. The second-order valence-electron chi connectivity index (χ2n) is 6.46. The highest BCUT2D eigenvalue weighted by molar-refractivity contribution is 6.59. The van der Waals surface area contributed by atoms with E-state index in [1.807, 2.05) is 0 Å². The zero-order valence-corrected chi connectivity index (χ0v) is 16.0. The minimum Gasteiger partial charge on any atom is -0.423 e. The number of hydrogen-bond acceptors (Lipinski definition) is 4. The zero-order valence-electron chi connectivity index (χ0n) is 16.0. The van der Waals surface area contributed by atoms with Gasteiger partial charge in [-0.1, -0.05) is 24.3 Å². The second kappa shape index (κ2) is 9.05. The van der Waals surface area contributed by atoms with Gasteiger partial charge in [0.2, 0.25) is 0 Å². The van der Waals surface area contributed by atoms with Crippen LogP contribution in [0.1, 0.15) is 5.56 Å². The van der Waals surface area contributed by atoms with Gasteiger partial charge in [0.25, 0.3) is 0 Å². The number of benzene rings is 1. The highest BCUT2D eigenvalue weighted by atomic mass is 19.4. The third-order valence-electron chi connectivity index (χ3n) is 3.95. The lowest BCUT2D eigenvalue weighted by Crippen LogP contribution is -2.67. The van der Waals surface area contributed by atoms with Crippen molar-refractivity contribution in [2.45, 2.75) is 48.4 Å². The van der Waals surface area contributed by atoms with E-state index in [4.69, 9.17) is 10.0 Å². The van der Waals surface area contributed by atoms with Crippen LogP contribution in [0.3, 0.4) is 0 Å². The Morgan fingerprint density at radius 1 is 0.556 bits per heavy atom. The van der Waals surface area contributed by atoms with E-state index in [-0.39, 0.29) is 18.2 Å². The third-order valence-corrected chi connectivity index (χ3v) is 3.95. The van der Waals surface area contributed by atoms with Gasteiger partial charge < -0.3 is 10.0 Å². The summed E-state index contributed by atoms with van der Waals surface area (Å²) in [5.74, 6) is -22.4. The predicted molar refractivity (Wildman–Crippen MR) is 78.1 cm³/mol. The molecule has 22 heteroatoms. The highest BCUT2D eigenvalue weighted by Crippen LogP contribution is 2.57. The van der Waals surface area contributed by atoms with Crippen LogP contribution in [-0.2, 0) is 15.3 Å². The molecule has 0 aliphatic heterocycles. The van der Waals surface area contributed by atoms with E-state index in [9.17, 15) is 74.6 Å². The number of halogens is 17. The normalized spacial score (nSPS) is 18.0. The SMILES string of the molecule is OB(O)c1ccccc1C(F)(OC(F)(F)C(F)(OC(F)(F)C(F)(F)C(F)(F)F)C(F)(F)F)C(F)(F)F. The van der Waals surface area contributed by atoms with Gasteiger partial charge in [0, 0.05) is 5.56 Å². The standard InChI is InChI=1S/C14H6BF17O4/c16-7(10(20,21)22,5-3-1-2-4-6(5)15(33)34)35-14(31,32)9(19,12(26,27)28)36-13(29,30)8(17,18)11(23,24)25/h1-4,33-34H. The summed E-state index contributed by atoms with van der Waals surface area (Å²) in [6, 6.07) is 0.650. The molecule has 0 aliphatic rings. The largest absolute Gasteiger partial charge is 0.488 e. The van der Waals surface area contributed by atoms with Gasteiger partial charge in [0.15, 0.2) is 0 Å². The Morgan fingerprint density at radius 3 is 1.36 bits per heavy atom. The lowest BCUT2D eigenvalue weighted by atomic mass is 9.75. The molecule has 0 fully saturated rings. The Kier molecular flexibility index (Phi) is 8.03. The fourth-order valence-electron chi connectivity index (χ4n) is 2.21. The quantitative estimate of drug-likeness (QED) is 0.351. The summed E-state index contributed by atoms with van der Waals surface area (Å²) >= 11 is 0. The van der Waals surface area contributed by atoms with Crippen molar-refractivity contribution in [1.82, 2.24) is 0 Å². The molecule has 0 aromatic heterocycles. The van der Waals surface area contributed by atoms with Crippen LogP contribution < -0.4 is 5.46 Å². The Hall–Kier alpha value is -2.07. The zero-order chi connectivity index (χ0) is 29.0. The van der Waals surface area contributed by atoms with Crippen molar-refractivity contribution in [3.63, 3.8) is 0 Å². The van der Waals surface area contributed by atoms with E-state index in [1.54, 1.807) is 0 Å². The molecule has 4 nitrogen and oxygen atoms in total. The van der Waals surface area contributed by atoms with Gasteiger partial charge >= 0.3 is 55.5 Å². The number of rotatable bonds is 8. The van der Waals surface area contributed by atoms with Crippen molar-refractivity contribution < 1.29 is 94.2 Å². The molecular formula is C14H6BF17O4. The molecule has 1 aromatic carbocycles. The summed E-state index contributed by atoms with van der Waals surface area (Å²) in [5.41, 5.74) is -4.34. The van der Waals surface area contributed by atoms with Crippen LogP contribution in [-0.4, -0.2) is 59.7 Å². The third kappa shape index (κ3) is 5.30. The highest BCUT2D eigenvalue weighted by Gasteiger charge is 2.85. The lowest BCUT2D eigenvalue weighted by Gasteiger charge is -2.41. The Balaban J connectivity index is 3.82. The van der Waals surface area contributed by atoms with Gasteiger partial charge in [-0.3, -0.25) is 9.47 Å². The number of alkyl halides is 17. The summed E-state index contributed by atoms with van der Waals surface area (Å²) in [7, 11) is -3.24. The molecule has 0 heterocycles. The smallest absolute Gasteiger partial charge is 0.423 e. The van der Waals surface area contributed by atoms with E-state index in [2.05, 4.69) is 4.74 Å². The van der Waals surface area contributed by atoms with Crippen LogP contribution in [0.5, 0.6) is 0 Å². The van der Waals surface area contributed by atoms with Gasteiger partial charge in [-0.05, 0) is 5.46 Å². The topological polar surface area (TPSA) is 58.9 Å². The van der Waals surface area contributed by atoms with E-state index >= 15 is 0 Å². The van der Waals surface area contributed by atoms with E-state index in [1.165, 1.54) is 4.74 Å². The van der Waals surface area contributed by atoms with Crippen LogP contribution in [0.15, 0.2) is 24.3 Å². The molecule has 0 radical (unpaired) electrons. The van der Waals surface area contributed by atoms with E-state index < -0.39 is 66.5 Å². The minimum absolute atomic E-state index is 0.114. The Bertz CT molecular complexity index is 927. The van der Waals surface area contributed by atoms with Crippen molar-refractivity contribution in [1.29, 1.82) is 0 Å². The summed E-state index contributed by atoms with van der Waals surface area (Å²) < 4.78 is 227. The fraction of sp³-hybridized carbons (Fsp3) is 0.571. The average molecular weight is 572 g/mol. The van der Waals surface area contributed by atoms with Gasteiger partial charge in [0.05, 0.1) is 0 Å². The van der Waals surface area contributed by atoms with Crippen LogP contribution in [0.2, 0.25) is 0 Å². The predicted octanol–water partition coefficient (Wildman–Crippen LogP) is 4.70. The minimum atomic E-state index is -8.02. The number of hydrogen-bond donors (Lipinski definition) is 2. The van der Waals surface area contributed by atoms with Crippen LogP contribution in [0.4, 0.5) is 74.6 Å². The van der Waals surface area contributed by atoms with Gasteiger partial charge in [0.1, 0.15) is 0 Å². The molecule has 0 amide bonds. The number of ether oxygens (including phenoxy) is 2. The van der Waals surface area contributed by atoms with Crippen LogP contribution in [0, 0.1) is 0 Å². The molecule has 0 spiro atoms. The van der Waals surface area contributed by atoms with Gasteiger partial charge in [-0.2, -0.15) is 74.6 Å². The molecule has 0 bridgehead atoms. The summed E-state index contributed by atoms with van der Waals surface area (Å²) in [6.45, 7) is 0. The van der Waals surface area contributed by atoms with Crippen LogP contribution in [0.25, 0.3) is 0 Å². The first-order valence-corrected chi connectivity index (χ1v) is 8.16. The molecule has 36 heavy (non-hydrogen) atoms. The molecule has 2 N–H and O–H groups in total. The molecule has 0 saturated carbocycles. The summed E-state index contributed by atoms with van der Waals surface area (Å²) in [6.07, 6.45) is -38.3. The molecule has 2 atom stereocenters. The first kappa shape index (κ1) is 32.0. The second-order valence-corrected chi connectivity index (χ2v) is 6.46. The van der Waals surface area contributed by atoms with Crippen molar-refractivity contribution in [2.75, 3.05) is 0 Å². The lowest BCUT2D eigenvalue weighted by molar-refractivity contribution is -0.554. The monoisotopic (exact) mass is 572 g/mol. The van der Waals surface area contributed by atoms with E-state index in [0.29, 0.717) is 6.07 Å². The molecule has 0 aliphatic carbocycles. The van der Waals surface area contributed by atoms with Crippen molar-refractivity contribution in [3.8, 4) is 0 Å². The summed E-state index contributed by atoms with van der Waals surface area (Å²) in [4.78, 5) is 0. The van der Waals surface area contributed by atoms with Gasteiger partial charge in [-0.15, -0.1) is 0 Å². The Morgan fingerprint density at radius 2 is 1.00 bits per heavy atom. The summed E-state index contributed by atoms with van der Waals surface area (Å²) in [5, 5.41) is 17.9. The van der Waals surface area contributed by atoms with Crippen molar-refractivity contribution in [2.24, 2.45) is 0 Å². The average Bonchev–Trinajstić information content (AvgIpc) is 2.64. The molecule has 1 aromatic rings.